The normalized spacial score (nSPS) is 10.6. The second-order valence-electron chi connectivity index (χ2n) is 5.58. The number of phenolic OH excluding ortho intramolecular Hbond substituents is 1. The molecule has 1 heterocycles. The predicted octanol–water partition coefficient (Wildman–Crippen LogP) is 4.82. The van der Waals surface area contributed by atoms with E-state index in [0.717, 1.165) is 28.1 Å². The molecule has 1 aromatic heterocycles. The molecule has 0 radical (unpaired) electrons. The molecule has 0 aliphatic carbocycles. The Hall–Kier alpha value is -3.60. The first kappa shape index (κ1) is 15.0. The van der Waals surface area contributed by atoms with E-state index in [1.165, 1.54) is 0 Å². The van der Waals surface area contributed by atoms with Gasteiger partial charge in [-0.2, -0.15) is 4.98 Å². The lowest BCUT2D eigenvalue weighted by molar-refractivity contribution is 0.475. The van der Waals surface area contributed by atoms with E-state index in [4.69, 9.17) is 0 Å². The molecule has 4 aromatic rings. The van der Waals surface area contributed by atoms with Crippen LogP contribution in [0.25, 0.3) is 10.9 Å². The second kappa shape index (κ2) is 6.49. The molecule has 0 saturated heterocycles. The van der Waals surface area contributed by atoms with E-state index in [0.29, 0.717) is 5.95 Å². The minimum atomic E-state index is 0.188. The fourth-order valence-electron chi connectivity index (χ4n) is 2.60. The van der Waals surface area contributed by atoms with Crippen molar-refractivity contribution >= 4 is 34.0 Å². The van der Waals surface area contributed by atoms with E-state index in [2.05, 4.69) is 20.6 Å². The third kappa shape index (κ3) is 3.35. The first-order valence-electron chi connectivity index (χ1n) is 7.93. The van der Waals surface area contributed by atoms with Crippen LogP contribution in [0.3, 0.4) is 0 Å². The average Bonchev–Trinajstić information content (AvgIpc) is 2.63. The number of phenols is 1. The van der Waals surface area contributed by atoms with Crippen LogP contribution in [0.5, 0.6) is 5.75 Å². The molecule has 4 rings (SSSR count). The third-order valence-corrected chi connectivity index (χ3v) is 3.74. The average molecular weight is 328 g/mol. The topological polar surface area (TPSA) is 70.1 Å². The SMILES string of the molecule is Oc1cccc(Nc2nc(Nc3ccccc3)c3ccccc3n2)c1. The van der Waals surface area contributed by atoms with Gasteiger partial charge in [-0.1, -0.05) is 36.4 Å². The summed E-state index contributed by atoms with van der Waals surface area (Å²) in [6.07, 6.45) is 0. The van der Waals surface area contributed by atoms with Crippen LogP contribution in [0.4, 0.5) is 23.1 Å². The minimum absolute atomic E-state index is 0.188. The van der Waals surface area contributed by atoms with Crippen LogP contribution in [0.1, 0.15) is 0 Å². The van der Waals surface area contributed by atoms with Gasteiger partial charge < -0.3 is 15.7 Å². The van der Waals surface area contributed by atoms with Gasteiger partial charge >= 0.3 is 0 Å². The van der Waals surface area contributed by atoms with Crippen molar-refractivity contribution in [3.63, 3.8) is 0 Å². The van der Waals surface area contributed by atoms with Gasteiger partial charge in [0, 0.05) is 22.8 Å². The molecule has 0 atom stereocenters. The van der Waals surface area contributed by atoms with Crippen molar-refractivity contribution in [2.45, 2.75) is 0 Å². The zero-order chi connectivity index (χ0) is 17.1. The number of aromatic nitrogens is 2. The van der Waals surface area contributed by atoms with Gasteiger partial charge in [0.2, 0.25) is 5.95 Å². The summed E-state index contributed by atoms with van der Waals surface area (Å²) in [5.74, 6) is 1.37. The van der Waals surface area contributed by atoms with Gasteiger partial charge in [0.1, 0.15) is 11.6 Å². The first-order chi connectivity index (χ1) is 12.3. The van der Waals surface area contributed by atoms with E-state index in [1.807, 2.05) is 60.7 Å². The molecule has 122 valence electrons. The van der Waals surface area contributed by atoms with Gasteiger partial charge in [0.15, 0.2) is 0 Å². The van der Waals surface area contributed by atoms with Gasteiger partial charge in [0.25, 0.3) is 0 Å². The molecule has 5 nitrogen and oxygen atoms in total. The molecule has 0 fully saturated rings. The van der Waals surface area contributed by atoms with Crippen LogP contribution in [0, 0.1) is 0 Å². The highest BCUT2D eigenvalue weighted by Crippen LogP contribution is 2.26. The molecule has 0 aliphatic heterocycles. The highest BCUT2D eigenvalue weighted by Gasteiger charge is 2.08. The summed E-state index contributed by atoms with van der Waals surface area (Å²) in [6, 6.07) is 24.6. The van der Waals surface area contributed by atoms with Crippen molar-refractivity contribution in [1.29, 1.82) is 0 Å². The Labute approximate surface area is 145 Å². The maximum Gasteiger partial charge on any atom is 0.229 e. The van der Waals surface area contributed by atoms with Crippen molar-refractivity contribution < 1.29 is 5.11 Å². The zero-order valence-electron chi connectivity index (χ0n) is 13.3. The summed E-state index contributed by atoms with van der Waals surface area (Å²) < 4.78 is 0. The number of benzene rings is 3. The van der Waals surface area contributed by atoms with Crippen LogP contribution in [0.15, 0.2) is 78.9 Å². The Balaban J connectivity index is 1.75. The quantitative estimate of drug-likeness (QED) is 0.501. The molecule has 0 saturated carbocycles. The highest BCUT2D eigenvalue weighted by atomic mass is 16.3. The minimum Gasteiger partial charge on any atom is -0.508 e. The second-order valence-corrected chi connectivity index (χ2v) is 5.58. The molecule has 25 heavy (non-hydrogen) atoms. The van der Waals surface area contributed by atoms with Crippen LogP contribution in [-0.4, -0.2) is 15.1 Å². The number of nitrogens with zero attached hydrogens (tertiary/aromatic N) is 2. The van der Waals surface area contributed by atoms with Gasteiger partial charge in [-0.05, 0) is 36.4 Å². The maximum absolute atomic E-state index is 9.62. The lowest BCUT2D eigenvalue weighted by atomic mass is 10.2. The highest BCUT2D eigenvalue weighted by molar-refractivity contribution is 5.92. The zero-order valence-corrected chi connectivity index (χ0v) is 13.3. The number of para-hydroxylation sites is 2. The van der Waals surface area contributed by atoms with Gasteiger partial charge in [-0.3, -0.25) is 0 Å². The molecular weight excluding hydrogens is 312 g/mol. The monoisotopic (exact) mass is 328 g/mol. The van der Waals surface area contributed by atoms with Crippen LogP contribution >= 0.6 is 0 Å². The number of fused-ring (bicyclic) bond motifs is 1. The van der Waals surface area contributed by atoms with E-state index < -0.39 is 0 Å². The molecular formula is C20H16N4O. The summed E-state index contributed by atoms with van der Waals surface area (Å²) in [7, 11) is 0. The van der Waals surface area contributed by atoms with Crippen LogP contribution in [-0.2, 0) is 0 Å². The van der Waals surface area contributed by atoms with Crippen LogP contribution in [0.2, 0.25) is 0 Å². The molecule has 0 bridgehead atoms. The Morgan fingerprint density at radius 1 is 0.680 bits per heavy atom. The summed E-state index contributed by atoms with van der Waals surface area (Å²) in [5, 5.41) is 17.0. The van der Waals surface area contributed by atoms with Crippen LogP contribution < -0.4 is 10.6 Å². The fourth-order valence-corrected chi connectivity index (χ4v) is 2.60. The maximum atomic E-state index is 9.62. The Morgan fingerprint density at radius 2 is 1.44 bits per heavy atom. The van der Waals surface area contributed by atoms with Crippen molar-refractivity contribution in [2.24, 2.45) is 0 Å². The first-order valence-corrected chi connectivity index (χ1v) is 7.93. The molecule has 5 heteroatoms. The number of anilines is 4. The lowest BCUT2D eigenvalue weighted by Gasteiger charge is -2.12. The van der Waals surface area contributed by atoms with Crippen molar-refractivity contribution in [3.05, 3.63) is 78.9 Å². The van der Waals surface area contributed by atoms with E-state index in [9.17, 15) is 5.11 Å². The molecule has 3 aromatic carbocycles. The summed E-state index contributed by atoms with van der Waals surface area (Å²) in [4.78, 5) is 9.16. The standard InChI is InChI=1S/C20H16N4O/c25-16-10-6-9-15(13-16)22-20-23-18-12-5-4-11-17(18)19(24-20)21-14-7-2-1-3-8-14/h1-13,25H,(H2,21,22,23,24). The molecule has 3 N–H and O–H groups in total. The van der Waals surface area contributed by atoms with Gasteiger partial charge in [0.05, 0.1) is 5.52 Å². The Morgan fingerprint density at radius 3 is 2.28 bits per heavy atom. The number of rotatable bonds is 4. The van der Waals surface area contributed by atoms with E-state index in [1.54, 1.807) is 18.2 Å². The molecule has 0 amide bonds. The number of aromatic hydroxyl groups is 1. The van der Waals surface area contributed by atoms with Crippen molar-refractivity contribution in [2.75, 3.05) is 10.6 Å². The Kier molecular flexibility index (Phi) is 3.88. The fraction of sp³-hybridized carbons (Fsp3) is 0. The summed E-state index contributed by atoms with van der Waals surface area (Å²) >= 11 is 0. The van der Waals surface area contributed by atoms with Gasteiger partial charge in [-0.15, -0.1) is 0 Å². The largest absolute Gasteiger partial charge is 0.508 e. The number of hydrogen-bond donors (Lipinski definition) is 3. The molecule has 0 spiro atoms. The molecule has 0 aliphatic rings. The smallest absolute Gasteiger partial charge is 0.229 e. The van der Waals surface area contributed by atoms with Gasteiger partial charge in [-0.25, -0.2) is 4.98 Å². The van der Waals surface area contributed by atoms with Crippen molar-refractivity contribution in [1.82, 2.24) is 9.97 Å². The third-order valence-electron chi connectivity index (χ3n) is 3.74. The van der Waals surface area contributed by atoms with E-state index >= 15 is 0 Å². The summed E-state index contributed by atoms with van der Waals surface area (Å²) in [6.45, 7) is 0. The Bertz CT molecular complexity index is 1020. The number of hydrogen-bond acceptors (Lipinski definition) is 5. The predicted molar refractivity (Wildman–Crippen MR) is 101 cm³/mol. The summed E-state index contributed by atoms with van der Waals surface area (Å²) in [5.41, 5.74) is 2.51. The van der Waals surface area contributed by atoms with E-state index in [-0.39, 0.29) is 5.75 Å². The molecule has 0 unspecified atom stereocenters. The number of nitrogens with one attached hydrogen (secondary N) is 2. The van der Waals surface area contributed by atoms with Crippen molar-refractivity contribution in [3.8, 4) is 5.75 Å². The lowest BCUT2D eigenvalue weighted by Crippen LogP contribution is -2.02.